The fourth-order valence-corrected chi connectivity index (χ4v) is 2.99. The van der Waals surface area contributed by atoms with Gasteiger partial charge in [-0.15, -0.1) is 13.2 Å². The van der Waals surface area contributed by atoms with Crippen molar-refractivity contribution >= 4 is 0 Å². The summed E-state index contributed by atoms with van der Waals surface area (Å²) in [7, 11) is 0. The summed E-state index contributed by atoms with van der Waals surface area (Å²) in [5.74, 6) is 0.314. The van der Waals surface area contributed by atoms with E-state index in [4.69, 9.17) is 14.2 Å². The topological polar surface area (TPSA) is 27.7 Å². The van der Waals surface area contributed by atoms with Crippen LogP contribution in [0.4, 0.5) is 0 Å². The van der Waals surface area contributed by atoms with Crippen LogP contribution in [-0.4, -0.2) is 31.7 Å². The highest BCUT2D eigenvalue weighted by Crippen LogP contribution is 2.40. The fraction of sp³-hybridized carbons (Fsp3) is 0.733. The minimum Gasteiger partial charge on any atom is -0.374 e. The standard InChI is InChI=1S/C15H24O3/c1-3-5-14(16-10-4-2)13-6-8-15(9-7-13)17-11-12-18-15/h3-4,13-14H,1-2,5-12H2. The Bertz CT molecular complexity index is 271. The van der Waals surface area contributed by atoms with Gasteiger partial charge in [-0.1, -0.05) is 12.2 Å². The SMILES string of the molecule is C=CCOC(CC=C)C1CCC2(CC1)OCCO2. The Kier molecular flexibility index (Phi) is 4.98. The first-order valence-electron chi connectivity index (χ1n) is 6.91. The van der Waals surface area contributed by atoms with E-state index in [1.165, 1.54) is 0 Å². The first kappa shape index (κ1) is 13.8. The van der Waals surface area contributed by atoms with Crippen LogP contribution in [0, 0.1) is 5.92 Å². The smallest absolute Gasteiger partial charge is 0.168 e. The van der Waals surface area contributed by atoms with Gasteiger partial charge in [0.15, 0.2) is 5.79 Å². The van der Waals surface area contributed by atoms with Crippen molar-refractivity contribution in [2.45, 2.75) is 44.0 Å². The molecular weight excluding hydrogens is 228 g/mol. The summed E-state index contributed by atoms with van der Waals surface area (Å²) in [5.41, 5.74) is 0. The van der Waals surface area contributed by atoms with Crippen LogP contribution >= 0.6 is 0 Å². The molecule has 1 saturated carbocycles. The summed E-state index contributed by atoms with van der Waals surface area (Å²) < 4.78 is 17.4. The lowest BCUT2D eigenvalue weighted by Crippen LogP contribution is -2.38. The fourth-order valence-electron chi connectivity index (χ4n) is 2.99. The molecule has 0 N–H and O–H groups in total. The Balaban J connectivity index is 1.85. The Labute approximate surface area is 110 Å². The third kappa shape index (κ3) is 3.22. The number of ether oxygens (including phenoxy) is 3. The average molecular weight is 252 g/mol. The molecule has 1 unspecified atom stereocenters. The van der Waals surface area contributed by atoms with Gasteiger partial charge in [0.1, 0.15) is 0 Å². The minimum absolute atomic E-state index is 0.263. The van der Waals surface area contributed by atoms with Gasteiger partial charge in [0.25, 0.3) is 0 Å². The summed E-state index contributed by atoms with van der Waals surface area (Å²) >= 11 is 0. The van der Waals surface area contributed by atoms with Gasteiger partial charge in [-0.3, -0.25) is 0 Å². The normalized spacial score (nSPS) is 25.1. The molecule has 0 aromatic rings. The van der Waals surface area contributed by atoms with Crippen molar-refractivity contribution in [1.82, 2.24) is 0 Å². The van der Waals surface area contributed by atoms with E-state index < -0.39 is 0 Å². The van der Waals surface area contributed by atoms with Gasteiger partial charge >= 0.3 is 0 Å². The number of hydrogen-bond acceptors (Lipinski definition) is 3. The lowest BCUT2D eigenvalue weighted by molar-refractivity contribution is -0.188. The maximum absolute atomic E-state index is 5.85. The maximum atomic E-state index is 5.85. The highest BCUT2D eigenvalue weighted by Gasteiger charge is 2.41. The van der Waals surface area contributed by atoms with E-state index in [1.807, 2.05) is 12.2 Å². The molecule has 0 aromatic heterocycles. The highest BCUT2D eigenvalue weighted by molar-refractivity contribution is 4.88. The van der Waals surface area contributed by atoms with E-state index in [1.54, 1.807) is 0 Å². The van der Waals surface area contributed by atoms with E-state index in [-0.39, 0.29) is 11.9 Å². The molecule has 1 spiro atoms. The molecule has 2 aliphatic rings. The molecule has 3 heteroatoms. The van der Waals surface area contributed by atoms with E-state index >= 15 is 0 Å². The molecule has 1 heterocycles. The zero-order valence-electron chi connectivity index (χ0n) is 11.1. The van der Waals surface area contributed by atoms with Crippen LogP contribution < -0.4 is 0 Å². The van der Waals surface area contributed by atoms with Crippen molar-refractivity contribution in [1.29, 1.82) is 0 Å². The maximum Gasteiger partial charge on any atom is 0.168 e. The highest BCUT2D eigenvalue weighted by atomic mass is 16.7. The Morgan fingerprint density at radius 3 is 2.39 bits per heavy atom. The summed E-state index contributed by atoms with van der Waals surface area (Å²) in [6, 6.07) is 0. The van der Waals surface area contributed by atoms with Gasteiger partial charge in [-0.05, 0) is 25.2 Å². The van der Waals surface area contributed by atoms with E-state index in [0.29, 0.717) is 12.5 Å². The van der Waals surface area contributed by atoms with Crippen molar-refractivity contribution < 1.29 is 14.2 Å². The second-order valence-electron chi connectivity index (χ2n) is 5.13. The number of rotatable bonds is 6. The lowest BCUT2D eigenvalue weighted by Gasteiger charge is -2.38. The van der Waals surface area contributed by atoms with Gasteiger partial charge in [0.05, 0.1) is 25.9 Å². The van der Waals surface area contributed by atoms with Gasteiger partial charge in [-0.25, -0.2) is 0 Å². The zero-order valence-corrected chi connectivity index (χ0v) is 11.1. The third-order valence-corrected chi connectivity index (χ3v) is 3.96. The van der Waals surface area contributed by atoms with Gasteiger partial charge < -0.3 is 14.2 Å². The molecule has 1 aliphatic carbocycles. The molecule has 102 valence electrons. The van der Waals surface area contributed by atoms with Gasteiger partial charge in [0.2, 0.25) is 0 Å². The molecular formula is C15H24O3. The first-order chi connectivity index (χ1) is 8.79. The van der Waals surface area contributed by atoms with Crippen LogP contribution in [-0.2, 0) is 14.2 Å². The monoisotopic (exact) mass is 252 g/mol. The van der Waals surface area contributed by atoms with Crippen molar-refractivity contribution in [2.75, 3.05) is 19.8 Å². The van der Waals surface area contributed by atoms with Crippen LogP contribution in [0.5, 0.6) is 0 Å². The Hall–Kier alpha value is -0.640. The van der Waals surface area contributed by atoms with Crippen molar-refractivity contribution in [2.24, 2.45) is 5.92 Å². The number of hydrogen-bond donors (Lipinski definition) is 0. The minimum atomic E-state index is -0.270. The Morgan fingerprint density at radius 2 is 1.83 bits per heavy atom. The molecule has 18 heavy (non-hydrogen) atoms. The molecule has 2 fully saturated rings. The Morgan fingerprint density at radius 1 is 1.17 bits per heavy atom. The third-order valence-electron chi connectivity index (χ3n) is 3.96. The van der Waals surface area contributed by atoms with E-state index in [2.05, 4.69) is 13.2 Å². The van der Waals surface area contributed by atoms with Crippen LogP contribution in [0.15, 0.2) is 25.3 Å². The van der Waals surface area contributed by atoms with Gasteiger partial charge in [0, 0.05) is 12.8 Å². The lowest BCUT2D eigenvalue weighted by atomic mass is 9.81. The molecule has 3 nitrogen and oxygen atoms in total. The van der Waals surface area contributed by atoms with E-state index in [0.717, 1.165) is 45.3 Å². The summed E-state index contributed by atoms with van der Waals surface area (Å²) in [6.07, 6.45) is 9.12. The van der Waals surface area contributed by atoms with E-state index in [9.17, 15) is 0 Å². The quantitative estimate of drug-likeness (QED) is 0.680. The molecule has 0 aromatic carbocycles. The van der Waals surface area contributed by atoms with Crippen LogP contribution in [0.25, 0.3) is 0 Å². The largest absolute Gasteiger partial charge is 0.374 e. The average Bonchev–Trinajstić information content (AvgIpc) is 2.84. The van der Waals surface area contributed by atoms with Crippen molar-refractivity contribution in [3.05, 3.63) is 25.3 Å². The molecule has 0 amide bonds. The summed E-state index contributed by atoms with van der Waals surface area (Å²) in [4.78, 5) is 0. The molecule has 1 aliphatic heterocycles. The first-order valence-corrected chi connectivity index (χ1v) is 6.91. The predicted molar refractivity (Wildman–Crippen MR) is 71.3 cm³/mol. The van der Waals surface area contributed by atoms with Crippen molar-refractivity contribution in [3.63, 3.8) is 0 Å². The molecule has 2 rings (SSSR count). The van der Waals surface area contributed by atoms with Gasteiger partial charge in [-0.2, -0.15) is 0 Å². The molecule has 1 saturated heterocycles. The summed E-state index contributed by atoms with van der Waals surface area (Å²) in [5, 5.41) is 0. The molecule has 1 atom stereocenters. The second-order valence-corrected chi connectivity index (χ2v) is 5.13. The van der Waals surface area contributed by atoms with Crippen LogP contribution in [0.2, 0.25) is 0 Å². The second kappa shape index (κ2) is 6.50. The van der Waals surface area contributed by atoms with Crippen molar-refractivity contribution in [3.8, 4) is 0 Å². The predicted octanol–water partition coefficient (Wildman–Crippen LogP) is 3.07. The van der Waals surface area contributed by atoms with Crippen LogP contribution in [0.3, 0.4) is 0 Å². The molecule has 0 radical (unpaired) electrons. The molecule has 0 bridgehead atoms. The summed E-state index contributed by atoms with van der Waals surface area (Å²) in [6.45, 7) is 9.63. The zero-order chi connectivity index (χ0) is 12.8. The van der Waals surface area contributed by atoms with Crippen LogP contribution in [0.1, 0.15) is 32.1 Å².